The molecule has 2 heterocycles. The van der Waals surface area contributed by atoms with Gasteiger partial charge in [-0.05, 0) is 24.1 Å². The minimum atomic E-state index is 0.615. The number of nitrogen functional groups attached to an aromatic ring is 1. The zero-order valence-electron chi connectivity index (χ0n) is 10.4. The molecule has 5 nitrogen and oxygen atoms in total. The molecule has 0 bridgehead atoms. The van der Waals surface area contributed by atoms with Gasteiger partial charge in [0.2, 0.25) is 0 Å². The topological polar surface area (TPSA) is 72.5 Å². The maximum atomic E-state index is 5.87. The quantitative estimate of drug-likeness (QED) is 0.721. The van der Waals surface area contributed by atoms with Crippen LogP contribution in [0.5, 0.6) is 0 Å². The summed E-state index contributed by atoms with van der Waals surface area (Å²) in [5.41, 5.74) is 10.6. The van der Waals surface area contributed by atoms with Gasteiger partial charge in [0.05, 0.1) is 22.9 Å². The monoisotopic (exact) mass is 241 g/mol. The molecule has 1 aromatic carbocycles. The molecule has 18 heavy (non-hydrogen) atoms. The number of hydrogen-bond donors (Lipinski definition) is 2. The number of fused-ring (bicyclic) bond motifs is 1. The summed E-state index contributed by atoms with van der Waals surface area (Å²) in [5.74, 6) is 0.813. The molecule has 0 radical (unpaired) electrons. The SMILES string of the molecule is CCc1ccc2c(c1)nc(-c1[nH]ncc1N)n2C. The van der Waals surface area contributed by atoms with Crippen molar-refractivity contribution in [1.29, 1.82) is 0 Å². The van der Waals surface area contributed by atoms with Crippen molar-refractivity contribution in [1.82, 2.24) is 19.7 Å². The van der Waals surface area contributed by atoms with Crippen LogP contribution >= 0.6 is 0 Å². The van der Waals surface area contributed by atoms with Crippen molar-refractivity contribution in [3.63, 3.8) is 0 Å². The van der Waals surface area contributed by atoms with Gasteiger partial charge in [-0.15, -0.1) is 0 Å². The van der Waals surface area contributed by atoms with E-state index in [0.717, 1.165) is 29.0 Å². The Morgan fingerprint density at radius 3 is 2.89 bits per heavy atom. The van der Waals surface area contributed by atoms with E-state index in [9.17, 15) is 0 Å². The fourth-order valence-corrected chi connectivity index (χ4v) is 2.16. The Labute approximate surface area is 105 Å². The third-order valence-corrected chi connectivity index (χ3v) is 3.25. The van der Waals surface area contributed by atoms with Crippen LogP contribution in [0, 0.1) is 0 Å². The van der Waals surface area contributed by atoms with E-state index in [-0.39, 0.29) is 0 Å². The molecule has 0 aliphatic carbocycles. The van der Waals surface area contributed by atoms with Gasteiger partial charge < -0.3 is 10.3 Å². The number of hydrogen-bond acceptors (Lipinski definition) is 3. The molecular weight excluding hydrogens is 226 g/mol. The zero-order valence-corrected chi connectivity index (χ0v) is 10.4. The lowest BCUT2D eigenvalue weighted by molar-refractivity contribution is 0.944. The van der Waals surface area contributed by atoms with Crippen LogP contribution in [0.1, 0.15) is 12.5 Å². The zero-order chi connectivity index (χ0) is 12.7. The number of benzene rings is 1. The largest absolute Gasteiger partial charge is 0.396 e. The molecule has 0 saturated heterocycles. The highest BCUT2D eigenvalue weighted by Gasteiger charge is 2.13. The average Bonchev–Trinajstić information content (AvgIpc) is 2.93. The summed E-state index contributed by atoms with van der Waals surface area (Å²) in [4.78, 5) is 4.64. The van der Waals surface area contributed by atoms with Gasteiger partial charge in [-0.25, -0.2) is 4.98 Å². The molecule has 3 rings (SSSR count). The Morgan fingerprint density at radius 2 is 2.22 bits per heavy atom. The van der Waals surface area contributed by atoms with Crippen molar-refractivity contribution >= 4 is 16.7 Å². The Hall–Kier alpha value is -2.30. The van der Waals surface area contributed by atoms with Gasteiger partial charge >= 0.3 is 0 Å². The highest BCUT2D eigenvalue weighted by Crippen LogP contribution is 2.26. The fraction of sp³-hybridized carbons (Fsp3) is 0.231. The predicted octanol–water partition coefficient (Wildman–Crippen LogP) is 2.11. The summed E-state index contributed by atoms with van der Waals surface area (Å²) in [6, 6.07) is 6.34. The van der Waals surface area contributed by atoms with E-state index in [4.69, 9.17) is 5.73 Å². The number of nitrogens with zero attached hydrogens (tertiary/aromatic N) is 3. The van der Waals surface area contributed by atoms with Crippen LogP contribution in [0.25, 0.3) is 22.6 Å². The number of aromatic amines is 1. The number of rotatable bonds is 2. The number of nitrogens with one attached hydrogen (secondary N) is 1. The molecule has 0 amide bonds. The Morgan fingerprint density at radius 1 is 1.39 bits per heavy atom. The second-order valence-electron chi connectivity index (χ2n) is 4.37. The number of nitrogens with two attached hydrogens (primary N) is 1. The predicted molar refractivity (Wildman–Crippen MR) is 72.1 cm³/mol. The summed E-state index contributed by atoms with van der Waals surface area (Å²) in [7, 11) is 1.98. The standard InChI is InChI=1S/C13H15N5/c1-3-8-4-5-11-10(6-8)16-13(18(11)2)12-9(14)7-15-17-12/h4-7H,3,14H2,1-2H3,(H,15,17). The Bertz CT molecular complexity index is 707. The maximum Gasteiger partial charge on any atom is 0.161 e. The minimum Gasteiger partial charge on any atom is -0.396 e. The van der Waals surface area contributed by atoms with Gasteiger partial charge in [0, 0.05) is 7.05 Å². The fourth-order valence-electron chi connectivity index (χ4n) is 2.16. The van der Waals surface area contributed by atoms with E-state index in [1.165, 1.54) is 5.56 Å². The van der Waals surface area contributed by atoms with Gasteiger partial charge in [-0.3, -0.25) is 5.10 Å². The molecule has 2 aromatic heterocycles. The molecule has 0 unspecified atom stereocenters. The Kier molecular flexibility index (Phi) is 2.33. The first-order valence-corrected chi connectivity index (χ1v) is 5.95. The summed E-state index contributed by atoms with van der Waals surface area (Å²) in [6.45, 7) is 2.14. The van der Waals surface area contributed by atoms with Crippen LogP contribution in [0.2, 0.25) is 0 Å². The second-order valence-corrected chi connectivity index (χ2v) is 4.37. The van der Waals surface area contributed by atoms with Crippen molar-refractivity contribution in [2.24, 2.45) is 7.05 Å². The number of imidazole rings is 1. The van der Waals surface area contributed by atoms with Crippen LogP contribution in [-0.2, 0) is 13.5 Å². The second kappa shape index (κ2) is 3.87. The summed E-state index contributed by atoms with van der Waals surface area (Å²) in [5, 5.41) is 6.83. The molecule has 5 heteroatoms. The molecule has 0 spiro atoms. The van der Waals surface area contributed by atoms with E-state index in [0.29, 0.717) is 5.69 Å². The van der Waals surface area contributed by atoms with E-state index >= 15 is 0 Å². The number of aromatic nitrogens is 4. The first-order chi connectivity index (χ1) is 8.70. The van der Waals surface area contributed by atoms with Crippen LogP contribution in [0.4, 0.5) is 5.69 Å². The number of anilines is 1. The maximum absolute atomic E-state index is 5.87. The highest BCUT2D eigenvalue weighted by atomic mass is 15.2. The van der Waals surface area contributed by atoms with Crippen LogP contribution in [0.3, 0.4) is 0 Å². The van der Waals surface area contributed by atoms with E-state index in [2.05, 4.69) is 40.3 Å². The van der Waals surface area contributed by atoms with Gasteiger partial charge in [-0.1, -0.05) is 13.0 Å². The van der Waals surface area contributed by atoms with Crippen molar-refractivity contribution in [2.45, 2.75) is 13.3 Å². The molecule has 92 valence electrons. The van der Waals surface area contributed by atoms with Crippen molar-refractivity contribution in [3.8, 4) is 11.5 Å². The van der Waals surface area contributed by atoms with Gasteiger partial charge in [0.15, 0.2) is 5.82 Å². The van der Waals surface area contributed by atoms with Crippen LogP contribution in [0.15, 0.2) is 24.4 Å². The van der Waals surface area contributed by atoms with Gasteiger partial charge in [-0.2, -0.15) is 5.10 Å². The Balaban J connectivity index is 2.25. The lowest BCUT2D eigenvalue weighted by atomic mass is 10.1. The summed E-state index contributed by atoms with van der Waals surface area (Å²) < 4.78 is 2.03. The lowest BCUT2D eigenvalue weighted by Crippen LogP contribution is -1.95. The highest BCUT2D eigenvalue weighted by molar-refractivity contribution is 5.82. The molecule has 0 aliphatic heterocycles. The van der Waals surface area contributed by atoms with Gasteiger partial charge in [0.1, 0.15) is 5.69 Å². The van der Waals surface area contributed by atoms with E-state index in [1.807, 2.05) is 11.6 Å². The van der Waals surface area contributed by atoms with E-state index < -0.39 is 0 Å². The molecule has 0 aliphatic rings. The van der Waals surface area contributed by atoms with Crippen LogP contribution in [-0.4, -0.2) is 19.7 Å². The van der Waals surface area contributed by atoms with Crippen molar-refractivity contribution < 1.29 is 0 Å². The van der Waals surface area contributed by atoms with Crippen molar-refractivity contribution in [2.75, 3.05) is 5.73 Å². The van der Waals surface area contributed by atoms with E-state index in [1.54, 1.807) is 6.20 Å². The van der Waals surface area contributed by atoms with Crippen LogP contribution < -0.4 is 5.73 Å². The summed E-state index contributed by atoms with van der Waals surface area (Å²) >= 11 is 0. The molecule has 0 saturated carbocycles. The molecule has 3 N–H and O–H groups in total. The number of aryl methyl sites for hydroxylation is 2. The average molecular weight is 241 g/mol. The van der Waals surface area contributed by atoms with Crippen molar-refractivity contribution in [3.05, 3.63) is 30.0 Å². The summed E-state index contributed by atoms with van der Waals surface area (Å²) in [6.07, 6.45) is 2.61. The first-order valence-electron chi connectivity index (χ1n) is 5.95. The molecule has 3 aromatic rings. The lowest BCUT2D eigenvalue weighted by Gasteiger charge is -2.00. The smallest absolute Gasteiger partial charge is 0.161 e. The first kappa shape index (κ1) is 10.8. The molecule has 0 atom stereocenters. The molecule has 0 fully saturated rings. The minimum absolute atomic E-state index is 0.615. The van der Waals surface area contributed by atoms with Gasteiger partial charge in [0.25, 0.3) is 0 Å². The number of H-pyrrole nitrogens is 1. The molecular formula is C13H15N5. The normalized spacial score (nSPS) is 11.2. The third-order valence-electron chi connectivity index (χ3n) is 3.25. The third kappa shape index (κ3) is 1.48.